The molecule has 52 valence electrons. The molecule has 0 amide bonds. The highest BCUT2D eigenvalue weighted by atomic mass is 32.1. The number of rotatable bonds is 2. The Bertz CT molecular complexity index is 268. The molecule has 0 spiro atoms. The molecule has 1 aromatic heterocycles. The average Bonchev–Trinajstić information content (AvgIpc) is 2.30. The number of aromatic hydroxyl groups is 1. The zero-order chi connectivity index (χ0) is 7.56. The molecule has 10 heavy (non-hydrogen) atoms. The van der Waals surface area contributed by atoms with Crippen LogP contribution >= 0.6 is 11.3 Å². The summed E-state index contributed by atoms with van der Waals surface area (Å²) < 4.78 is 0. The fourth-order valence-electron chi connectivity index (χ4n) is 0.530. The molecule has 1 aromatic rings. The lowest BCUT2D eigenvalue weighted by Crippen LogP contribution is -1.72. The summed E-state index contributed by atoms with van der Waals surface area (Å²) in [5.41, 5.74) is -0.0278. The molecular weight excluding hydrogens is 154 g/mol. The first kappa shape index (κ1) is 6.88. The highest BCUT2D eigenvalue weighted by Crippen LogP contribution is 2.33. The van der Waals surface area contributed by atoms with E-state index < -0.39 is 0 Å². The van der Waals surface area contributed by atoms with Crippen molar-refractivity contribution in [3.63, 3.8) is 0 Å². The minimum atomic E-state index is -0.186. The van der Waals surface area contributed by atoms with Gasteiger partial charge in [0.15, 0.2) is 11.3 Å². The number of nitrogens with zero attached hydrogens (tertiary/aromatic N) is 1. The zero-order valence-corrected chi connectivity index (χ0v) is 5.59. The van der Waals surface area contributed by atoms with Gasteiger partial charge in [-0.25, -0.2) is 0 Å². The Kier molecular flexibility index (Phi) is 1.77. The molecule has 0 aliphatic carbocycles. The highest BCUT2D eigenvalue weighted by molar-refractivity contribution is 7.14. The summed E-state index contributed by atoms with van der Waals surface area (Å²) >= 11 is 0.940. The topological polar surface area (TPSA) is 66.7 Å². The van der Waals surface area contributed by atoms with E-state index in [0.717, 1.165) is 11.3 Å². The number of thiophene rings is 1. The minimum absolute atomic E-state index is 0.0208. The van der Waals surface area contributed by atoms with Gasteiger partial charge in [0.05, 0.1) is 5.56 Å². The van der Waals surface area contributed by atoms with Gasteiger partial charge in [0, 0.05) is 5.38 Å². The SMILES string of the molecule is O=Cc1c(O)csc1N=O. The van der Waals surface area contributed by atoms with Crippen LogP contribution in [0.5, 0.6) is 5.75 Å². The third-order valence-electron chi connectivity index (χ3n) is 0.989. The minimum Gasteiger partial charge on any atom is -0.506 e. The fourth-order valence-corrected chi connectivity index (χ4v) is 1.20. The Morgan fingerprint density at radius 1 is 1.70 bits per heavy atom. The van der Waals surface area contributed by atoms with Crippen LogP contribution in [-0.2, 0) is 0 Å². The molecule has 0 aliphatic heterocycles. The summed E-state index contributed by atoms with van der Waals surface area (Å²) in [6.07, 6.45) is 0.405. The second-order valence-corrected chi connectivity index (χ2v) is 2.41. The maximum Gasteiger partial charge on any atom is 0.175 e. The van der Waals surface area contributed by atoms with Crippen LogP contribution in [0.15, 0.2) is 10.6 Å². The first-order chi connectivity index (χ1) is 4.79. The molecule has 0 aliphatic rings. The molecular formula is C5H3NO3S. The van der Waals surface area contributed by atoms with Crippen LogP contribution in [0.4, 0.5) is 5.00 Å². The van der Waals surface area contributed by atoms with Gasteiger partial charge in [0.1, 0.15) is 5.75 Å². The monoisotopic (exact) mass is 157 g/mol. The van der Waals surface area contributed by atoms with Crippen LogP contribution in [0, 0.1) is 4.91 Å². The number of hydrogen-bond acceptors (Lipinski definition) is 5. The average molecular weight is 157 g/mol. The van der Waals surface area contributed by atoms with Crippen molar-refractivity contribution < 1.29 is 9.90 Å². The van der Waals surface area contributed by atoms with Gasteiger partial charge in [-0.1, -0.05) is 0 Å². The van der Waals surface area contributed by atoms with Crippen LogP contribution in [0.1, 0.15) is 10.4 Å². The smallest absolute Gasteiger partial charge is 0.175 e. The van der Waals surface area contributed by atoms with Gasteiger partial charge in [-0.15, -0.1) is 16.2 Å². The van der Waals surface area contributed by atoms with Crippen molar-refractivity contribution in [2.75, 3.05) is 0 Å². The van der Waals surface area contributed by atoms with Gasteiger partial charge >= 0.3 is 0 Å². The quantitative estimate of drug-likeness (QED) is 0.524. The van der Waals surface area contributed by atoms with Gasteiger partial charge in [0.25, 0.3) is 0 Å². The second-order valence-electron chi connectivity index (χ2n) is 1.55. The molecule has 0 aromatic carbocycles. The van der Waals surface area contributed by atoms with E-state index in [2.05, 4.69) is 5.18 Å². The molecule has 0 unspecified atom stereocenters. The predicted octanol–water partition coefficient (Wildman–Crippen LogP) is 1.66. The van der Waals surface area contributed by atoms with Crippen LogP contribution in [-0.4, -0.2) is 11.4 Å². The van der Waals surface area contributed by atoms with Crippen LogP contribution in [0.25, 0.3) is 0 Å². The summed E-state index contributed by atoms with van der Waals surface area (Å²) in [5.74, 6) is -0.186. The summed E-state index contributed by atoms with van der Waals surface area (Å²) in [4.78, 5) is 20.0. The molecule has 4 nitrogen and oxygen atoms in total. The standard InChI is InChI=1S/C5H3NO3S/c7-1-3-4(8)2-10-5(3)6-9/h1-2,8H. The van der Waals surface area contributed by atoms with E-state index in [-0.39, 0.29) is 16.3 Å². The summed E-state index contributed by atoms with van der Waals surface area (Å²) in [7, 11) is 0. The fraction of sp³-hybridized carbons (Fsp3) is 0. The highest BCUT2D eigenvalue weighted by Gasteiger charge is 2.09. The van der Waals surface area contributed by atoms with Gasteiger partial charge in [-0.2, -0.15) is 0 Å². The van der Waals surface area contributed by atoms with E-state index >= 15 is 0 Å². The molecule has 5 heteroatoms. The van der Waals surface area contributed by atoms with Crippen molar-refractivity contribution in [1.82, 2.24) is 0 Å². The first-order valence-electron chi connectivity index (χ1n) is 2.38. The Hall–Kier alpha value is -1.23. The van der Waals surface area contributed by atoms with E-state index in [9.17, 15) is 9.70 Å². The molecule has 0 radical (unpaired) electrons. The first-order valence-corrected chi connectivity index (χ1v) is 3.26. The van der Waals surface area contributed by atoms with Crippen molar-refractivity contribution >= 4 is 22.6 Å². The summed E-state index contributed by atoms with van der Waals surface area (Å²) in [6.45, 7) is 0. The lowest BCUT2D eigenvalue weighted by molar-refractivity contribution is 0.112. The van der Waals surface area contributed by atoms with Crippen LogP contribution in [0.3, 0.4) is 0 Å². The zero-order valence-electron chi connectivity index (χ0n) is 4.77. The van der Waals surface area contributed by atoms with Crippen molar-refractivity contribution in [2.45, 2.75) is 0 Å². The van der Waals surface area contributed by atoms with E-state index in [4.69, 9.17) is 5.11 Å². The number of hydrogen-bond donors (Lipinski definition) is 1. The summed E-state index contributed by atoms with van der Waals surface area (Å²) in [6, 6.07) is 0. The second kappa shape index (κ2) is 2.57. The van der Waals surface area contributed by atoms with Gasteiger partial charge in [-0.05, 0) is 5.18 Å². The van der Waals surface area contributed by atoms with Gasteiger partial charge in [0.2, 0.25) is 0 Å². The molecule has 1 heterocycles. The maximum absolute atomic E-state index is 10.1. The Morgan fingerprint density at radius 3 is 2.80 bits per heavy atom. The molecule has 0 saturated heterocycles. The number of aldehydes is 1. The number of carbonyl (C=O) groups excluding carboxylic acids is 1. The lowest BCUT2D eigenvalue weighted by atomic mass is 10.3. The van der Waals surface area contributed by atoms with Crippen molar-refractivity contribution in [3.05, 3.63) is 15.9 Å². The van der Waals surface area contributed by atoms with Crippen molar-refractivity contribution in [3.8, 4) is 5.75 Å². The van der Waals surface area contributed by atoms with E-state index in [1.165, 1.54) is 5.38 Å². The molecule has 0 fully saturated rings. The van der Waals surface area contributed by atoms with Crippen molar-refractivity contribution in [2.24, 2.45) is 5.18 Å². The van der Waals surface area contributed by atoms with Gasteiger partial charge < -0.3 is 5.11 Å². The van der Waals surface area contributed by atoms with Crippen LogP contribution < -0.4 is 0 Å². The van der Waals surface area contributed by atoms with Crippen LogP contribution in [0.2, 0.25) is 0 Å². The number of carbonyl (C=O) groups is 1. The third-order valence-corrected chi connectivity index (χ3v) is 1.85. The van der Waals surface area contributed by atoms with Crippen molar-refractivity contribution in [1.29, 1.82) is 0 Å². The van der Waals surface area contributed by atoms with E-state index in [0.29, 0.717) is 6.29 Å². The predicted molar refractivity (Wildman–Crippen MR) is 36.8 cm³/mol. The normalized spacial score (nSPS) is 9.20. The Balaban J connectivity index is 3.25. The van der Waals surface area contributed by atoms with E-state index in [1.807, 2.05) is 0 Å². The third kappa shape index (κ3) is 0.906. The Labute approximate surface area is 60.1 Å². The summed E-state index contributed by atoms with van der Waals surface area (Å²) in [5, 5.41) is 12.7. The Morgan fingerprint density at radius 2 is 2.40 bits per heavy atom. The molecule has 1 N–H and O–H groups in total. The lowest BCUT2D eigenvalue weighted by Gasteiger charge is -1.82. The molecule has 0 atom stereocenters. The van der Waals surface area contributed by atoms with E-state index in [1.54, 1.807) is 0 Å². The largest absolute Gasteiger partial charge is 0.506 e. The number of nitroso groups, excluding NO2 is 1. The van der Waals surface area contributed by atoms with Gasteiger partial charge in [-0.3, -0.25) is 4.79 Å². The molecule has 0 bridgehead atoms. The molecule has 1 rings (SSSR count). The maximum atomic E-state index is 10.1. The molecule has 0 saturated carbocycles.